The summed E-state index contributed by atoms with van der Waals surface area (Å²) in [6.07, 6.45) is 6.99. The smallest absolute Gasteiger partial charge is 0.270 e. The van der Waals surface area contributed by atoms with Crippen LogP contribution < -0.4 is 5.56 Å². The molecule has 1 aliphatic heterocycles. The summed E-state index contributed by atoms with van der Waals surface area (Å²) >= 11 is 0. The molecule has 1 N–H and O–H groups in total. The Morgan fingerprint density at radius 2 is 2.00 bits per heavy atom. The molecule has 0 aromatic carbocycles. The van der Waals surface area contributed by atoms with E-state index in [1.54, 1.807) is 29.4 Å². The van der Waals surface area contributed by atoms with Crippen LogP contribution in [0.3, 0.4) is 0 Å². The lowest BCUT2D eigenvalue weighted by molar-refractivity contribution is 0.0683. The van der Waals surface area contributed by atoms with Gasteiger partial charge < -0.3 is 9.88 Å². The van der Waals surface area contributed by atoms with Gasteiger partial charge in [0.15, 0.2) is 0 Å². The Morgan fingerprint density at radius 1 is 1.15 bits per heavy atom. The quantitative estimate of drug-likeness (QED) is 0.772. The van der Waals surface area contributed by atoms with Gasteiger partial charge in [-0.2, -0.15) is 0 Å². The minimum Gasteiger partial charge on any atom is -0.337 e. The van der Waals surface area contributed by atoms with Crippen molar-refractivity contribution in [1.82, 2.24) is 29.9 Å². The van der Waals surface area contributed by atoms with Gasteiger partial charge in [-0.15, -0.1) is 5.10 Å². The van der Waals surface area contributed by atoms with Crippen molar-refractivity contribution >= 4 is 5.91 Å². The Labute approximate surface area is 149 Å². The van der Waals surface area contributed by atoms with Crippen LogP contribution in [0.2, 0.25) is 0 Å². The molecule has 1 amide bonds. The molecule has 1 fully saturated rings. The molecule has 0 radical (unpaired) electrons. The van der Waals surface area contributed by atoms with E-state index in [-0.39, 0.29) is 17.5 Å². The third kappa shape index (κ3) is 3.26. The fraction of sp³-hybridized carbons (Fsp3) is 0.278. The molecule has 1 aliphatic rings. The molecule has 0 unspecified atom stereocenters. The van der Waals surface area contributed by atoms with Gasteiger partial charge >= 0.3 is 0 Å². The number of hydrogen-bond donors (Lipinski definition) is 1. The molecule has 3 aromatic rings. The van der Waals surface area contributed by atoms with Crippen LogP contribution in [0.1, 0.15) is 29.4 Å². The van der Waals surface area contributed by atoms with Crippen LogP contribution >= 0.6 is 0 Å². The van der Waals surface area contributed by atoms with E-state index in [1.165, 1.54) is 6.07 Å². The summed E-state index contributed by atoms with van der Waals surface area (Å²) in [6.45, 7) is 1.23. The number of pyridine rings is 2. The van der Waals surface area contributed by atoms with Crippen molar-refractivity contribution < 1.29 is 4.79 Å². The minimum absolute atomic E-state index is 0.143. The van der Waals surface area contributed by atoms with E-state index >= 15 is 0 Å². The van der Waals surface area contributed by atoms with Crippen LogP contribution in [0, 0.1) is 0 Å². The third-order valence-corrected chi connectivity index (χ3v) is 4.59. The average molecular weight is 350 g/mol. The molecule has 0 bridgehead atoms. The molecule has 4 rings (SSSR count). The van der Waals surface area contributed by atoms with Gasteiger partial charge in [0, 0.05) is 37.1 Å². The van der Waals surface area contributed by atoms with Crippen molar-refractivity contribution in [2.24, 2.45) is 0 Å². The zero-order valence-corrected chi connectivity index (χ0v) is 14.1. The number of piperidine rings is 1. The Morgan fingerprint density at radius 3 is 2.73 bits per heavy atom. The molecule has 0 saturated carbocycles. The third-order valence-electron chi connectivity index (χ3n) is 4.59. The van der Waals surface area contributed by atoms with Crippen molar-refractivity contribution in [3.8, 4) is 11.3 Å². The van der Waals surface area contributed by atoms with Crippen LogP contribution in [0.5, 0.6) is 0 Å². The van der Waals surface area contributed by atoms with Crippen molar-refractivity contribution in [1.29, 1.82) is 0 Å². The molecule has 1 saturated heterocycles. The van der Waals surface area contributed by atoms with Crippen LogP contribution in [0.15, 0.2) is 53.7 Å². The Kier molecular flexibility index (Phi) is 4.30. The van der Waals surface area contributed by atoms with E-state index in [4.69, 9.17) is 0 Å². The first-order chi connectivity index (χ1) is 12.7. The van der Waals surface area contributed by atoms with Crippen LogP contribution in [0.4, 0.5) is 0 Å². The molecule has 0 aliphatic carbocycles. The van der Waals surface area contributed by atoms with Crippen molar-refractivity contribution in [2.45, 2.75) is 18.9 Å². The number of carbonyl (C=O) groups excluding carboxylic acids is 1. The molecule has 132 valence electrons. The number of likely N-dealkylation sites (tertiary alicyclic amines) is 1. The van der Waals surface area contributed by atoms with Crippen molar-refractivity contribution in [3.05, 3.63) is 65.0 Å². The molecular weight excluding hydrogens is 332 g/mol. The Hall–Kier alpha value is -3.29. The maximum absolute atomic E-state index is 12.5. The summed E-state index contributed by atoms with van der Waals surface area (Å²) < 4.78 is 1.87. The number of rotatable bonds is 3. The number of carbonyl (C=O) groups is 1. The molecular formula is C18H18N6O2. The molecule has 0 atom stereocenters. The summed E-state index contributed by atoms with van der Waals surface area (Å²) in [7, 11) is 0. The molecule has 8 nitrogen and oxygen atoms in total. The summed E-state index contributed by atoms with van der Waals surface area (Å²) in [5.74, 6) is -0.143. The van der Waals surface area contributed by atoms with Gasteiger partial charge in [-0.25, -0.2) is 4.68 Å². The van der Waals surface area contributed by atoms with Gasteiger partial charge in [0.2, 0.25) is 5.56 Å². The average Bonchev–Trinajstić information content (AvgIpc) is 3.18. The number of aromatic amines is 1. The van der Waals surface area contributed by atoms with E-state index in [0.717, 1.165) is 24.1 Å². The number of aromatic nitrogens is 5. The fourth-order valence-corrected chi connectivity index (χ4v) is 3.18. The monoisotopic (exact) mass is 350 g/mol. The van der Waals surface area contributed by atoms with E-state index < -0.39 is 0 Å². The maximum Gasteiger partial charge on any atom is 0.270 e. The van der Waals surface area contributed by atoms with Gasteiger partial charge in [-0.3, -0.25) is 14.6 Å². The lowest BCUT2D eigenvalue weighted by Gasteiger charge is -2.31. The zero-order chi connectivity index (χ0) is 17.9. The predicted molar refractivity (Wildman–Crippen MR) is 94.5 cm³/mol. The summed E-state index contributed by atoms with van der Waals surface area (Å²) in [5.41, 5.74) is 1.78. The number of H-pyrrole nitrogens is 1. The van der Waals surface area contributed by atoms with Gasteiger partial charge in [-0.1, -0.05) is 11.3 Å². The molecule has 4 heterocycles. The van der Waals surface area contributed by atoms with Crippen LogP contribution in [-0.4, -0.2) is 48.9 Å². The van der Waals surface area contributed by atoms with Gasteiger partial charge in [0.25, 0.3) is 5.91 Å². The van der Waals surface area contributed by atoms with Crippen LogP contribution in [0.25, 0.3) is 11.3 Å². The van der Waals surface area contributed by atoms with E-state index in [2.05, 4.69) is 20.3 Å². The second-order valence-electron chi connectivity index (χ2n) is 6.28. The number of hydrogen-bond acceptors (Lipinski definition) is 5. The van der Waals surface area contributed by atoms with Gasteiger partial charge in [0.1, 0.15) is 11.4 Å². The van der Waals surface area contributed by atoms with Crippen molar-refractivity contribution in [2.75, 3.05) is 13.1 Å². The topological polar surface area (TPSA) is 96.8 Å². The fourth-order valence-electron chi connectivity index (χ4n) is 3.18. The highest BCUT2D eigenvalue weighted by molar-refractivity contribution is 5.92. The zero-order valence-electron chi connectivity index (χ0n) is 14.1. The first-order valence-electron chi connectivity index (χ1n) is 8.51. The number of nitrogens with zero attached hydrogens (tertiary/aromatic N) is 5. The second kappa shape index (κ2) is 6.91. The molecule has 26 heavy (non-hydrogen) atoms. The molecule has 3 aromatic heterocycles. The van der Waals surface area contributed by atoms with E-state index in [9.17, 15) is 9.59 Å². The highest BCUT2D eigenvalue weighted by Crippen LogP contribution is 2.24. The van der Waals surface area contributed by atoms with Crippen LogP contribution in [-0.2, 0) is 0 Å². The first-order valence-corrected chi connectivity index (χ1v) is 8.51. The lowest BCUT2D eigenvalue weighted by atomic mass is 10.0. The summed E-state index contributed by atoms with van der Waals surface area (Å²) in [5, 5.41) is 8.47. The maximum atomic E-state index is 12.5. The summed E-state index contributed by atoms with van der Waals surface area (Å²) in [4.78, 5) is 32.3. The second-order valence-corrected chi connectivity index (χ2v) is 6.28. The SMILES string of the molecule is O=C(c1cccc(=O)[nH]1)N1CCC(n2cc(-c3cccnc3)nn2)CC1. The highest BCUT2D eigenvalue weighted by Gasteiger charge is 2.25. The van der Waals surface area contributed by atoms with E-state index in [0.29, 0.717) is 18.8 Å². The first kappa shape index (κ1) is 16.2. The normalized spacial score (nSPS) is 15.2. The van der Waals surface area contributed by atoms with E-state index in [1.807, 2.05) is 23.0 Å². The lowest BCUT2D eigenvalue weighted by Crippen LogP contribution is -2.40. The number of amides is 1. The standard InChI is InChI=1S/C18H18N6O2/c25-17-5-1-4-15(20-17)18(26)23-9-6-14(7-10-23)24-12-16(21-22-24)13-3-2-8-19-11-13/h1-5,8,11-12,14H,6-7,9-10H2,(H,20,25). The Balaban J connectivity index is 1.42. The molecule has 0 spiro atoms. The Bertz CT molecular complexity index is 957. The van der Waals surface area contributed by atoms with Gasteiger partial charge in [0.05, 0.1) is 12.2 Å². The summed E-state index contributed by atoms with van der Waals surface area (Å²) in [6, 6.07) is 8.64. The predicted octanol–water partition coefficient (Wildman–Crippen LogP) is 1.51. The number of nitrogens with one attached hydrogen (secondary N) is 1. The largest absolute Gasteiger partial charge is 0.337 e. The van der Waals surface area contributed by atoms with Gasteiger partial charge in [-0.05, 0) is 31.0 Å². The minimum atomic E-state index is -0.267. The molecule has 8 heteroatoms. The highest BCUT2D eigenvalue weighted by atomic mass is 16.2. The van der Waals surface area contributed by atoms with Crippen molar-refractivity contribution in [3.63, 3.8) is 0 Å².